The van der Waals surface area contributed by atoms with Crippen LogP contribution in [-0.2, 0) is 14.9 Å². The van der Waals surface area contributed by atoms with Crippen LogP contribution in [0.1, 0.15) is 30.9 Å². The number of rotatable bonds is 3. The molecular formula is C15H20F2N2O3S. The van der Waals surface area contributed by atoms with Crippen molar-refractivity contribution >= 4 is 10.0 Å². The van der Waals surface area contributed by atoms with Crippen LogP contribution in [0.15, 0.2) is 18.2 Å². The fourth-order valence-electron chi connectivity index (χ4n) is 3.30. The van der Waals surface area contributed by atoms with Crippen molar-refractivity contribution in [1.82, 2.24) is 9.37 Å². The van der Waals surface area contributed by atoms with Gasteiger partial charge in [-0.15, -0.1) is 0 Å². The van der Waals surface area contributed by atoms with Gasteiger partial charge in [0, 0.05) is 25.7 Å². The molecule has 0 radical (unpaired) electrons. The molecule has 5 nitrogen and oxygen atoms in total. The van der Waals surface area contributed by atoms with E-state index in [0.29, 0.717) is 13.1 Å². The Hall–Kier alpha value is -1.09. The van der Waals surface area contributed by atoms with E-state index in [1.54, 1.807) is 7.05 Å². The fraction of sp³-hybridized carbons (Fsp3) is 0.600. The third kappa shape index (κ3) is 3.00. The molecule has 0 amide bonds. The fourth-order valence-corrected chi connectivity index (χ4v) is 5.33. The molecule has 23 heavy (non-hydrogen) atoms. The third-order valence-corrected chi connectivity index (χ3v) is 6.79. The van der Waals surface area contributed by atoms with Gasteiger partial charge in [0.2, 0.25) is 10.0 Å². The highest BCUT2D eigenvalue weighted by atomic mass is 32.2. The molecule has 2 atom stereocenters. The number of nitrogens with zero attached hydrogens (tertiary/aromatic N) is 2. The predicted octanol–water partition coefficient (Wildman–Crippen LogP) is 2.07. The van der Waals surface area contributed by atoms with Gasteiger partial charge in [0.15, 0.2) is 11.6 Å². The van der Waals surface area contributed by atoms with Gasteiger partial charge in [0.1, 0.15) is 5.25 Å². The van der Waals surface area contributed by atoms with Gasteiger partial charge in [-0.1, -0.05) is 18.6 Å². The summed E-state index contributed by atoms with van der Waals surface area (Å²) in [5, 5.41) is 0.367. The van der Waals surface area contributed by atoms with Crippen molar-refractivity contribution in [3.8, 4) is 0 Å². The molecular weight excluding hydrogens is 326 g/mol. The van der Waals surface area contributed by atoms with Gasteiger partial charge in [-0.25, -0.2) is 21.5 Å². The summed E-state index contributed by atoms with van der Waals surface area (Å²) < 4.78 is 55.0. The Morgan fingerprint density at radius 2 is 1.87 bits per heavy atom. The second kappa shape index (κ2) is 6.43. The van der Waals surface area contributed by atoms with E-state index in [2.05, 4.69) is 0 Å². The van der Waals surface area contributed by atoms with Crippen molar-refractivity contribution in [3.63, 3.8) is 0 Å². The Kier molecular flexibility index (Phi) is 4.68. The summed E-state index contributed by atoms with van der Waals surface area (Å²) in [7, 11) is -2.10. The smallest absolute Gasteiger partial charge is 0.221 e. The molecule has 2 aliphatic rings. The summed E-state index contributed by atoms with van der Waals surface area (Å²) in [5.41, 5.74) is 0.00980. The molecule has 2 saturated heterocycles. The number of piperidine rings is 1. The first kappa shape index (κ1) is 16.8. The molecule has 0 unspecified atom stereocenters. The molecule has 0 aliphatic carbocycles. The minimum absolute atomic E-state index is 0.00980. The minimum atomic E-state index is -3.64. The molecule has 3 rings (SSSR count). The largest absolute Gasteiger partial charge is 0.297 e. The van der Waals surface area contributed by atoms with E-state index in [1.165, 1.54) is 21.5 Å². The second-order valence-electron chi connectivity index (χ2n) is 5.97. The molecule has 1 aromatic rings. The topological polar surface area (TPSA) is 49.9 Å². The van der Waals surface area contributed by atoms with Gasteiger partial charge in [-0.3, -0.25) is 4.84 Å². The lowest BCUT2D eigenvalue weighted by Crippen LogP contribution is -2.44. The summed E-state index contributed by atoms with van der Waals surface area (Å²) in [4.78, 5) is 5.34. The van der Waals surface area contributed by atoms with Crippen LogP contribution in [0.25, 0.3) is 0 Å². The molecule has 2 heterocycles. The Balaban J connectivity index is 1.96. The molecule has 0 spiro atoms. The van der Waals surface area contributed by atoms with Crippen LogP contribution in [0.5, 0.6) is 0 Å². The van der Waals surface area contributed by atoms with Crippen LogP contribution in [0.3, 0.4) is 0 Å². The lowest BCUT2D eigenvalue weighted by Gasteiger charge is -2.31. The zero-order valence-corrected chi connectivity index (χ0v) is 13.7. The molecule has 0 bridgehead atoms. The second-order valence-corrected chi connectivity index (χ2v) is 8.12. The van der Waals surface area contributed by atoms with Crippen LogP contribution in [-0.4, -0.2) is 49.8 Å². The first-order valence-corrected chi connectivity index (χ1v) is 9.22. The van der Waals surface area contributed by atoms with Gasteiger partial charge < -0.3 is 0 Å². The van der Waals surface area contributed by atoms with Crippen molar-refractivity contribution in [1.29, 1.82) is 0 Å². The predicted molar refractivity (Wildman–Crippen MR) is 80.9 cm³/mol. The summed E-state index contributed by atoms with van der Waals surface area (Å²) >= 11 is 0. The van der Waals surface area contributed by atoms with Crippen LogP contribution in [0.2, 0.25) is 0 Å². The summed E-state index contributed by atoms with van der Waals surface area (Å²) in [6.45, 7) is 0.887. The van der Waals surface area contributed by atoms with Crippen molar-refractivity contribution < 1.29 is 22.0 Å². The van der Waals surface area contributed by atoms with Crippen molar-refractivity contribution in [2.24, 2.45) is 0 Å². The third-order valence-electron chi connectivity index (χ3n) is 4.54. The van der Waals surface area contributed by atoms with E-state index in [-0.39, 0.29) is 12.2 Å². The number of sulfonamides is 1. The summed E-state index contributed by atoms with van der Waals surface area (Å²) in [6.07, 6.45) is 2.65. The molecule has 0 saturated carbocycles. The van der Waals surface area contributed by atoms with Gasteiger partial charge in [-0.05, 0) is 18.9 Å². The highest BCUT2D eigenvalue weighted by molar-refractivity contribution is 7.89. The zero-order valence-electron chi connectivity index (χ0n) is 12.9. The zero-order chi connectivity index (χ0) is 16.6. The number of hydroxylamine groups is 2. The maximum Gasteiger partial charge on any atom is 0.221 e. The number of hydrogen-bond acceptors (Lipinski definition) is 4. The Morgan fingerprint density at radius 3 is 2.57 bits per heavy atom. The first-order chi connectivity index (χ1) is 10.9. The maximum absolute atomic E-state index is 14.2. The van der Waals surface area contributed by atoms with E-state index < -0.39 is 32.9 Å². The lowest BCUT2D eigenvalue weighted by atomic mass is 10.0. The molecule has 1 aromatic carbocycles. The quantitative estimate of drug-likeness (QED) is 0.841. The molecule has 0 aromatic heterocycles. The van der Waals surface area contributed by atoms with Gasteiger partial charge in [-0.2, -0.15) is 5.06 Å². The van der Waals surface area contributed by atoms with Crippen molar-refractivity contribution in [3.05, 3.63) is 35.4 Å². The Labute approximate surface area is 134 Å². The SMILES string of the molecule is CN1OC[C@H](S(=O)(=O)N2CCCCC2)[C@@H]1c1cccc(F)c1F. The normalized spacial score (nSPS) is 27.4. The Morgan fingerprint density at radius 1 is 1.17 bits per heavy atom. The van der Waals surface area contributed by atoms with E-state index >= 15 is 0 Å². The van der Waals surface area contributed by atoms with E-state index in [1.807, 2.05) is 0 Å². The van der Waals surface area contributed by atoms with E-state index in [9.17, 15) is 17.2 Å². The molecule has 128 valence electrons. The average Bonchev–Trinajstić information content (AvgIpc) is 2.93. The van der Waals surface area contributed by atoms with Crippen molar-refractivity contribution in [2.45, 2.75) is 30.6 Å². The standard InChI is InChI=1S/C15H20F2N2O3S/c1-18-15(11-6-5-7-12(16)14(11)17)13(10-22-18)23(20,21)19-8-3-2-4-9-19/h5-7,13,15H,2-4,8-10H2,1H3/t13-,15-/m0/s1. The average molecular weight is 346 g/mol. The van der Waals surface area contributed by atoms with Gasteiger partial charge in [0.25, 0.3) is 0 Å². The van der Waals surface area contributed by atoms with E-state index in [0.717, 1.165) is 25.3 Å². The van der Waals surface area contributed by atoms with Gasteiger partial charge in [0.05, 0.1) is 12.6 Å². The van der Waals surface area contributed by atoms with Crippen LogP contribution in [0, 0.1) is 11.6 Å². The minimum Gasteiger partial charge on any atom is -0.297 e. The first-order valence-electron chi connectivity index (χ1n) is 7.71. The van der Waals surface area contributed by atoms with Crippen LogP contribution < -0.4 is 0 Å². The molecule has 8 heteroatoms. The lowest BCUT2D eigenvalue weighted by molar-refractivity contribution is -0.111. The van der Waals surface area contributed by atoms with Crippen LogP contribution in [0.4, 0.5) is 8.78 Å². The maximum atomic E-state index is 14.2. The number of benzene rings is 1. The molecule has 2 aliphatic heterocycles. The van der Waals surface area contributed by atoms with Gasteiger partial charge >= 0.3 is 0 Å². The summed E-state index contributed by atoms with van der Waals surface area (Å²) in [5.74, 6) is -2.01. The monoisotopic (exact) mass is 346 g/mol. The van der Waals surface area contributed by atoms with E-state index in [4.69, 9.17) is 4.84 Å². The highest BCUT2D eigenvalue weighted by Gasteiger charge is 2.47. The summed E-state index contributed by atoms with van der Waals surface area (Å²) in [6, 6.07) is 2.94. The Bertz CT molecular complexity index is 677. The number of halogens is 2. The van der Waals surface area contributed by atoms with Crippen molar-refractivity contribution in [2.75, 3.05) is 26.7 Å². The van der Waals surface area contributed by atoms with Crippen LogP contribution >= 0.6 is 0 Å². The molecule has 2 fully saturated rings. The molecule has 0 N–H and O–H groups in total. The number of hydrogen-bond donors (Lipinski definition) is 0. The highest BCUT2D eigenvalue weighted by Crippen LogP contribution is 2.37.